The van der Waals surface area contributed by atoms with Crippen molar-refractivity contribution in [2.24, 2.45) is 0 Å². The van der Waals surface area contributed by atoms with Crippen molar-refractivity contribution in [3.8, 4) is 11.8 Å². The highest BCUT2D eigenvalue weighted by Gasteiger charge is 2.16. The number of ketones is 1. The zero-order chi connectivity index (χ0) is 20.2. The van der Waals surface area contributed by atoms with Crippen molar-refractivity contribution < 1.29 is 4.79 Å². The van der Waals surface area contributed by atoms with Crippen molar-refractivity contribution >= 4 is 40.0 Å². The molecule has 3 aromatic heterocycles. The maximum absolute atomic E-state index is 13.1. The third-order valence-electron chi connectivity index (χ3n) is 3.93. The van der Waals surface area contributed by atoms with Crippen LogP contribution in [0.2, 0.25) is 0 Å². The van der Waals surface area contributed by atoms with Crippen LogP contribution in [-0.2, 0) is 11.2 Å². The molecular formula is C19H12N6O2S2. The summed E-state index contributed by atoms with van der Waals surface area (Å²) in [5, 5.41) is 11.9. The molecule has 0 aliphatic carbocycles. The number of carbonyl (C=O) groups excluding carboxylic acids is 1. The molecule has 8 nitrogen and oxygen atoms in total. The number of Topliss-reactive ketones (excluding diaryl/α,β-unsaturated/α-hetero) is 1. The molecule has 10 heteroatoms. The van der Waals surface area contributed by atoms with Crippen LogP contribution in [0.3, 0.4) is 0 Å². The van der Waals surface area contributed by atoms with Gasteiger partial charge in [-0.2, -0.15) is 5.26 Å². The minimum atomic E-state index is -0.386. The van der Waals surface area contributed by atoms with Gasteiger partial charge < -0.3 is 0 Å². The second-order valence-electron chi connectivity index (χ2n) is 5.85. The van der Waals surface area contributed by atoms with E-state index in [1.165, 1.54) is 28.3 Å². The molecule has 0 atom stereocenters. The Kier molecular flexibility index (Phi) is 5.41. The summed E-state index contributed by atoms with van der Waals surface area (Å²) in [6.45, 7) is 0. The Morgan fingerprint density at radius 1 is 1.14 bits per heavy atom. The molecule has 0 saturated carbocycles. The molecule has 29 heavy (non-hydrogen) atoms. The van der Waals surface area contributed by atoms with Crippen LogP contribution in [0.15, 0.2) is 58.2 Å². The van der Waals surface area contributed by atoms with Crippen LogP contribution < -0.4 is 5.56 Å². The van der Waals surface area contributed by atoms with E-state index >= 15 is 0 Å². The number of nitriles is 1. The van der Waals surface area contributed by atoms with Gasteiger partial charge in [0.05, 0.1) is 34.5 Å². The standard InChI is InChI=1S/C19H12N6O2S2/c20-10-12-1-3-13(4-2-12)25-18(27)16-17(23-6-5-22-16)24-19(25)29-11-14(26)9-15-21-7-8-28-15/h1-8H,9,11H2. The molecule has 3 heterocycles. The first kappa shape index (κ1) is 18.9. The topological polar surface area (TPSA) is 114 Å². The van der Waals surface area contributed by atoms with Gasteiger partial charge in [0.25, 0.3) is 5.56 Å². The lowest BCUT2D eigenvalue weighted by molar-refractivity contribution is -0.116. The van der Waals surface area contributed by atoms with Crippen molar-refractivity contribution in [2.45, 2.75) is 11.6 Å². The van der Waals surface area contributed by atoms with Crippen molar-refractivity contribution in [1.29, 1.82) is 5.26 Å². The number of fused-ring (bicyclic) bond motifs is 1. The molecule has 0 N–H and O–H groups in total. The molecule has 0 fully saturated rings. The van der Waals surface area contributed by atoms with E-state index in [-0.39, 0.29) is 34.7 Å². The Hall–Kier alpha value is -3.42. The summed E-state index contributed by atoms with van der Waals surface area (Å²) in [7, 11) is 0. The third kappa shape index (κ3) is 4.06. The molecule has 4 aromatic rings. The number of hydrogen-bond donors (Lipinski definition) is 0. The predicted molar refractivity (Wildman–Crippen MR) is 109 cm³/mol. The van der Waals surface area contributed by atoms with Gasteiger partial charge in [-0.15, -0.1) is 11.3 Å². The Labute approximate surface area is 172 Å². The van der Waals surface area contributed by atoms with Gasteiger partial charge in [0.15, 0.2) is 16.3 Å². The van der Waals surface area contributed by atoms with Crippen LogP contribution in [-0.4, -0.2) is 36.0 Å². The normalized spacial score (nSPS) is 10.7. The molecule has 0 aliphatic heterocycles. The number of carbonyl (C=O) groups is 1. The Bertz CT molecular complexity index is 1280. The Morgan fingerprint density at radius 2 is 1.93 bits per heavy atom. The van der Waals surface area contributed by atoms with Crippen molar-refractivity contribution in [1.82, 2.24) is 24.5 Å². The van der Waals surface area contributed by atoms with Crippen LogP contribution in [0.25, 0.3) is 16.9 Å². The van der Waals surface area contributed by atoms with E-state index in [9.17, 15) is 9.59 Å². The van der Waals surface area contributed by atoms with Crippen LogP contribution in [0.1, 0.15) is 10.6 Å². The fraction of sp³-hybridized carbons (Fsp3) is 0.105. The van der Waals surface area contributed by atoms with E-state index in [4.69, 9.17) is 5.26 Å². The third-order valence-corrected chi connectivity index (χ3v) is 5.70. The SMILES string of the molecule is N#Cc1ccc(-n2c(SCC(=O)Cc3nccs3)nc3nccnc3c2=O)cc1. The lowest BCUT2D eigenvalue weighted by atomic mass is 10.2. The van der Waals surface area contributed by atoms with E-state index in [2.05, 4.69) is 19.9 Å². The largest absolute Gasteiger partial charge is 0.298 e. The number of thiazole rings is 1. The smallest absolute Gasteiger partial charge is 0.286 e. The average molecular weight is 420 g/mol. The van der Waals surface area contributed by atoms with Crippen molar-refractivity contribution in [3.63, 3.8) is 0 Å². The van der Waals surface area contributed by atoms with Gasteiger partial charge in [0, 0.05) is 24.0 Å². The van der Waals surface area contributed by atoms with E-state index in [0.29, 0.717) is 16.4 Å². The molecule has 0 saturated heterocycles. The van der Waals surface area contributed by atoms with Gasteiger partial charge in [-0.05, 0) is 24.3 Å². The number of nitrogens with zero attached hydrogens (tertiary/aromatic N) is 6. The highest BCUT2D eigenvalue weighted by molar-refractivity contribution is 7.99. The number of hydrogen-bond acceptors (Lipinski definition) is 9. The zero-order valence-corrected chi connectivity index (χ0v) is 16.5. The summed E-state index contributed by atoms with van der Waals surface area (Å²) in [6.07, 6.45) is 4.79. The molecule has 0 aliphatic rings. The lowest BCUT2D eigenvalue weighted by Gasteiger charge is -2.12. The van der Waals surface area contributed by atoms with Gasteiger partial charge in [0.2, 0.25) is 0 Å². The predicted octanol–water partition coefficient (Wildman–Crippen LogP) is 2.41. The second kappa shape index (κ2) is 8.30. The first-order chi connectivity index (χ1) is 14.2. The maximum atomic E-state index is 13.1. The van der Waals surface area contributed by atoms with Gasteiger partial charge in [0.1, 0.15) is 5.78 Å². The second-order valence-corrected chi connectivity index (χ2v) is 7.77. The fourth-order valence-electron chi connectivity index (χ4n) is 2.61. The monoisotopic (exact) mass is 420 g/mol. The minimum absolute atomic E-state index is 0.0233. The quantitative estimate of drug-likeness (QED) is 0.345. The zero-order valence-electron chi connectivity index (χ0n) is 14.8. The Balaban J connectivity index is 1.72. The molecule has 0 spiro atoms. The Morgan fingerprint density at radius 3 is 2.66 bits per heavy atom. The molecule has 0 amide bonds. The van der Waals surface area contributed by atoms with Crippen LogP contribution in [0.4, 0.5) is 0 Å². The van der Waals surface area contributed by atoms with E-state index in [1.807, 2.05) is 11.4 Å². The summed E-state index contributed by atoms with van der Waals surface area (Å²) in [5.41, 5.74) is 0.974. The van der Waals surface area contributed by atoms with E-state index < -0.39 is 0 Å². The average Bonchev–Trinajstić information content (AvgIpc) is 3.25. The van der Waals surface area contributed by atoms with E-state index in [1.54, 1.807) is 30.5 Å². The highest BCUT2D eigenvalue weighted by Crippen LogP contribution is 2.21. The number of thioether (sulfide) groups is 1. The van der Waals surface area contributed by atoms with Crippen molar-refractivity contribution in [3.05, 3.63) is 69.2 Å². The van der Waals surface area contributed by atoms with Gasteiger partial charge in [-0.1, -0.05) is 11.8 Å². The van der Waals surface area contributed by atoms with Crippen molar-refractivity contribution in [2.75, 3.05) is 5.75 Å². The molecule has 0 unspecified atom stereocenters. The van der Waals surface area contributed by atoms with Gasteiger partial charge in [-0.3, -0.25) is 14.2 Å². The molecule has 4 rings (SSSR count). The first-order valence-corrected chi connectivity index (χ1v) is 10.3. The van der Waals surface area contributed by atoms with Crippen LogP contribution >= 0.6 is 23.1 Å². The molecule has 142 valence electrons. The highest BCUT2D eigenvalue weighted by atomic mass is 32.2. The summed E-state index contributed by atoms with van der Waals surface area (Å²) in [4.78, 5) is 42.2. The molecule has 0 bridgehead atoms. The summed E-state index contributed by atoms with van der Waals surface area (Å²) >= 11 is 2.58. The molecule has 1 aromatic carbocycles. The van der Waals surface area contributed by atoms with Gasteiger partial charge in [-0.25, -0.2) is 19.9 Å². The van der Waals surface area contributed by atoms with Crippen LogP contribution in [0.5, 0.6) is 0 Å². The fourth-order valence-corrected chi connectivity index (χ4v) is 4.12. The first-order valence-electron chi connectivity index (χ1n) is 8.43. The summed E-state index contributed by atoms with van der Waals surface area (Å²) in [5.74, 6) is 0.110. The minimum Gasteiger partial charge on any atom is -0.298 e. The summed E-state index contributed by atoms with van der Waals surface area (Å²) < 4.78 is 1.39. The summed E-state index contributed by atoms with van der Waals surface area (Å²) in [6, 6.07) is 8.59. The lowest BCUT2D eigenvalue weighted by Crippen LogP contribution is -2.23. The maximum Gasteiger partial charge on any atom is 0.286 e. The van der Waals surface area contributed by atoms with Crippen LogP contribution in [0, 0.1) is 11.3 Å². The molecular weight excluding hydrogens is 408 g/mol. The molecule has 0 radical (unpaired) electrons. The number of aromatic nitrogens is 5. The van der Waals surface area contributed by atoms with E-state index in [0.717, 1.165) is 16.8 Å². The number of rotatable bonds is 6. The number of benzene rings is 1. The van der Waals surface area contributed by atoms with Gasteiger partial charge >= 0.3 is 0 Å².